The molecule has 4 aromatic rings. The van der Waals surface area contributed by atoms with Crippen LogP contribution >= 0.6 is 11.3 Å². The highest BCUT2D eigenvalue weighted by Crippen LogP contribution is 2.50. The molecule has 1 aliphatic rings. The molecule has 1 fully saturated rings. The van der Waals surface area contributed by atoms with Crippen LogP contribution in [0, 0.1) is 22.6 Å². The second kappa shape index (κ2) is 11.4. The Labute approximate surface area is 237 Å². The van der Waals surface area contributed by atoms with E-state index >= 15 is 0 Å². The molecule has 1 N–H and O–H groups in total. The van der Waals surface area contributed by atoms with E-state index in [1.165, 1.54) is 6.92 Å². The third-order valence-corrected chi connectivity index (χ3v) is 7.99. The first-order valence-corrected chi connectivity index (χ1v) is 13.7. The van der Waals surface area contributed by atoms with Crippen molar-refractivity contribution in [3.05, 3.63) is 100 Å². The second-order valence-electron chi connectivity index (χ2n) is 9.68. The molecule has 212 valence electrons. The Balaban J connectivity index is 1.39. The number of anilines is 1. The summed E-state index contributed by atoms with van der Waals surface area (Å²) in [5.74, 6) is -3.94. The maximum atomic E-state index is 14.5. The first-order chi connectivity index (χ1) is 19.6. The minimum Gasteiger partial charge on any atom is -0.465 e. The third-order valence-electron chi connectivity index (χ3n) is 7.04. The van der Waals surface area contributed by atoms with Crippen LogP contribution < -0.4 is 5.32 Å². The molecule has 5 nitrogen and oxygen atoms in total. The summed E-state index contributed by atoms with van der Waals surface area (Å²) in [6.45, 7) is 3.39. The quantitative estimate of drug-likeness (QED) is 0.128. The molecule has 5 rings (SSSR count). The topological polar surface area (TPSA) is 64.6 Å². The summed E-state index contributed by atoms with van der Waals surface area (Å²) in [5, 5.41) is 1.92. The van der Waals surface area contributed by atoms with E-state index in [1.807, 2.05) is 36.4 Å². The van der Waals surface area contributed by atoms with E-state index in [2.05, 4.69) is 5.32 Å². The second-order valence-corrected chi connectivity index (χ2v) is 10.7. The van der Waals surface area contributed by atoms with Gasteiger partial charge in [0.2, 0.25) is 0 Å². The smallest absolute Gasteiger partial charge is 0.412 e. The van der Waals surface area contributed by atoms with Crippen LogP contribution in [0.5, 0.6) is 0 Å². The molecule has 1 unspecified atom stereocenters. The highest BCUT2D eigenvalue weighted by atomic mass is 32.1. The van der Waals surface area contributed by atoms with Gasteiger partial charge < -0.3 is 9.47 Å². The number of halogens is 4. The fourth-order valence-electron chi connectivity index (χ4n) is 4.77. The number of hydrogen-bond donors (Lipinski definition) is 1. The first-order valence-electron chi connectivity index (χ1n) is 12.9. The predicted octanol–water partition coefficient (Wildman–Crippen LogP) is 8.54. The van der Waals surface area contributed by atoms with Crippen molar-refractivity contribution in [2.24, 2.45) is 0 Å². The maximum Gasteiger partial charge on any atom is 0.412 e. The van der Waals surface area contributed by atoms with E-state index in [9.17, 15) is 27.2 Å². The number of esters is 1. The highest BCUT2D eigenvalue weighted by molar-refractivity contribution is 7.14. The summed E-state index contributed by atoms with van der Waals surface area (Å²) < 4.78 is 66.0. The molecule has 1 aromatic heterocycles. The number of ether oxygens (including phenoxy) is 2. The average Bonchev–Trinajstić information content (AvgIpc) is 3.68. The number of carbonyl (C=O) groups excluding carboxylic acids is 2. The van der Waals surface area contributed by atoms with Crippen LogP contribution in [-0.2, 0) is 19.7 Å². The lowest BCUT2D eigenvalue weighted by atomic mass is 9.92. The maximum absolute atomic E-state index is 14.5. The molecule has 0 spiro atoms. The molecule has 1 atom stereocenters. The van der Waals surface area contributed by atoms with Crippen LogP contribution in [0.15, 0.2) is 66.7 Å². The molecule has 0 bridgehead atoms. The lowest BCUT2D eigenvalue weighted by Crippen LogP contribution is -2.23. The summed E-state index contributed by atoms with van der Waals surface area (Å²) in [7, 11) is 0. The zero-order valence-corrected chi connectivity index (χ0v) is 22.9. The molecule has 0 radical (unpaired) electrons. The van der Waals surface area contributed by atoms with Crippen molar-refractivity contribution in [3.63, 3.8) is 0 Å². The molecule has 1 aliphatic carbocycles. The summed E-state index contributed by atoms with van der Waals surface area (Å²) >= 11 is 0.817. The lowest BCUT2D eigenvalue weighted by molar-refractivity contribution is -0.146. The summed E-state index contributed by atoms with van der Waals surface area (Å²) in [6.07, 6.45) is -0.839. The van der Waals surface area contributed by atoms with Gasteiger partial charge in [-0.1, -0.05) is 48.5 Å². The minimum absolute atomic E-state index is 0.124. The fourth-order valence-corrected chi connectivity index (χ4v) is 5.65. The van der Waals surface area contributed by atoms with Crippen molar-refractivity contribution in [2.75, 3.05) is 11.9 Å². The Kier molecular flexibility index (Phi) is 7.86. The van der Waals surface area contributed by atoms with Gasteiger partial charge in [0.15, 0.2) is 16.8 Å². The highest BCUT2D eigenvalue weighted by Gasteiger charge is 2.52. The van der Waals surface area contributed by atoms with Crippen LogP contribution in [0.25, 0.3) is 21.6 Å². The Morgan fingerprint density at radius 2 is 1.59 bits per heavy atom. The Bertz CT molecular complexity index is 1620. The van der Waals surface area contributed by atoms with Gasteiger partial charge in [-0.25, -0.2) is 18.0 Å². The molecule has 1 saturated carbocycles. The van der Waals surface area contributed by atoms with Crippen LogP contribution in [0.3, 0.4) is 0 Å². The van der Waals surface area contributed by atoms with E-state index in [0.717, 1.165) is 46.9 Å². The molecule has 1 heterocycles. The molecular weight excluding hydrogens is 558 g/mol. The van der Waals surface area contributed by atoms with Gasteiger partial charge in [0.05, 0.1) is 22.6 Å². The molecule has 1 amide bonds. The zero-order valence-electron chi connectivity index (χ0n) is 22.1. The van der Waals surface area contributed by atoms with E-state index in [0.29, 0.717) is 29.2 Å². The van der Waals surface area contributed by atoms with E-state index in [4.69, 9.17) is 9.47 Å². The zero-order chi connectivity index (χ0) is 29.3. The number of thiophene rings is 1. The molecule has 3 aromatic carbocycles. The lowest BCUT2D eigenvalue weighted by Gasteiger charge is -2.17. The van der Waals surface area contributed by atoms with E-state index in [-0.39, 0.29) is 17.2 Å². The third kappa shape index (κ3) is 5.69. The summed E-state index contributed by atoms with van der Waals surface area (Å²) in [5.41, 5.74) is 2.25. The van der Waals surface area contributed by atoms with Gasteiger partial charge in [-0.05, 0) is 49.4 Å². The number of carbonyl (C=O) groups is 2. The number of amides is 1. The summed E-state index contributed by atoms with van der Waals surface area (Å²) in [6, 6.07) is 16.9. The van der Waals surface area contributed by atoms with E-state index < -0.39 is 40.2 Å². The number of benzene rings is 3. The van der Waals surface area contributed by atoms with Gasteiger partial charge in [0.25, 0.3) is 0 Å². The van der Waals surface area contributed by atoms with Crippen molar-refractivity contribution in [1.82, 2.24) is 0 Å². The summed E-state index contributed by atoms with van der Waals surface area (Å²) in [4.78, 5) is 25.6. The Hall–Kier alpha value is -4.18. The molecular formula is C31H25F4NO4S. The van der Waals surface area contributed by atoms with Gasteiger partial charge in [0, 0.05) is 23.3 Å². The van der Waals surface area contributed by atoms with Gasteiger partial charge in [-0.15, -0.1) is 11.3 Å². The van der Waals surface area contributed by atoms with Crippen LogP contribution in [0.4, 0.5) is 28.0 Å². The minimum atomic E-state index is -1.36. The number of rotatable bonds is 8. The van der Waals surface area contributed by atoms with Crippen molar-refractivity contribution in [3.8, 4) is 21.6 Å². The Morgan fingerprint density at radius 3 is 2.24 bits per heavy atom. The van der Waals surface area contributed by atoms with Crippen LogP contribution in [-0.4, -0.2) is 18.7 Å². The van der Waals surface area contributed by atoms with Gasteiger partial charge in [0.1, 0.15) is 11.9 Å². The van der Waals surface area contributed by atoms with Crippen molar-refractivity contribution >= 4 is 29.1 Å². The molecule has 0 saturated heterocycles. The van der Waals surface area contributed by atoms with Crippen molar-refractivity contribution in [2.45, 2.75) is 38.2 Å². The fraction of sp³-hybridized carbons (Fsp3) is 0.226. The monoisotopic (exact) mass is 583 g/mol. The SMILES string of the molecule is CCOC(=O)C1(c2ccc(-c3ccccc3-c3sc(F)cc3NC(=O)OC(C)c3cc(F)c(F)cc3F)cc2)CC1. The number of nitrogens with one attached hydrogen (secondary N) is 1. The van der Waals surface area contributed by atoms with Crippen LogP contribution in [0.1, 0.15) is 43.9 Å². The largest absolute Gasteiger partial charge is 0.465 e. The predicted molar refractivity (Wildman–Crippen MR) is 148 cm³/mol. The van der Waals surface area contributed by atoms with Crippen molar-refractivity contribution in [1.29, 1.82) is 0 Å². The number of hydrogen-bond acceptors (Lipinski definition) is 5. The van der Waals surface area contributed by atoms with Crippen LogP contribution in [0.2, 0.25) is 0 Å². The standard InChI is InChI=1S/C31H25F4NO4S/c1-3-39-29(37)31(12-13-31)19-10-8-18(9-11-19)20-6-4-5-7-21(20)28-26(16-27(35)41-28)36-30(38)40-17(2)22-14-24(33)25(34)15-23(22)32/h4-11,14-17H,3,12-13H2,1-2H3,(H,36,38). The van der Waals surface area contributed by atoms with Crippen molar-refractivity contribution < 1.29 is 36.6 Å². The average molecular weight is 584 g/mol. The van der Waals surface area contributed by atoms with Gasteiger partial charge in [-0.2, -0.15) is 4.39 Å². The van der Waals surface area contributed by atoms with Gasteiger partial charge in [-0.3, -0.25) is 10.1 Å². The molecule has 41 heavy (non-hydrogen) atoms. The normalized spacial score (nSPS) is 14.3. The molecule has 0 aliphatic heterocycles. The van der Waals surface area contributed by atoms with E-state index in [1.54, 1.807) is 19.1 Å². The molecule has 10 heteroatoms. The van der Waals surface area contributed by atoms with Gasteiger partial charge >= 0.3 is 12.1 Å². The Morgan fingerprint density at radius 1 is 0.927 bits per heavy atom. The first kappa shape index (κ1) is 28.4.